The van der Waals surface area contributed by atoms with Gasteiger partial charge < -0.3 is 16.0 Å². The minimum atomic E-state index is -0.572. The van der Waals surface area contributed by atoms with Gasteiger partial charge in [-0.05, 0) is 51.2 Å². The number of hydrogen-bond acceptors (Lipinski definition) is 3. The summed E-state index contributed by atoms with van der Waals surface area (Å²) in [5, 5.41) is 3.15. The first-order valence-electron chi connectivity index (χ1n) is 7.65. The molecule has 0 aromatic carbocycles. The molecule has 0 bridgehead atoms. The summed E-state index contributed by atoms with van der Waals surface area (Å²) in [7, 11) is 2.15. The second-order valence-electron chi connectivity index (χ2n) is 6.95. The summed E-state index contributed by atoms with van der Waals surface area (Å²) in [6, 6.07) is 0. The zero-order chi connectivity index (χ0) is 14.8. The maximum absolute atomic E-state index is 12.6. The zero-order valence-electron chi connectivity index (χ0n) is 12.7. The molecule has 5 heteroatoms. The van der Waals surface area contributed by atoms with Gasteiger partial charge in [0.25, 0.3) is 0 Å². The third kappa shape index (κ3) is 3.14. The molecule has 1 saturated carbocycles. The van der Waals surface area contributed by atoms with Crippen molar-refractivity contribution in [1.82, 2.24) is 10.2 Å². The molecule has 2 fully saturated rings. The maximum Gasteiger partial charge on any atom is 0.233 e. The van der Waals surface area contributed by atoms with Gasteiger partial charge in [0, 0.05) is 6.54 Å². The Hall–Kier alpha value is -0.680. The first-order chi connectivity index (χ1) is 9.38. The van der Waals surface area contributed by atoms with Gasteiger partial charge in [-0.15, -0.1) is 0 Å². The lowest BCUT2D eigenvalue weighted by Gasteiger charge is -2.39. The van der Waals surface area contributed by atoms with Gasteiger partial charge in [0.05, 0.1) is 10.4 Å². The Bertz CT molecular complexity index is 383. The molecule has 0 unspecified atom stereocenters. The number of rotatable bonds is 4. The van der Waals surface area contributed by atoms with Crippen molar-refractivity contribution in [3.05, 3.63) is 0 Å². The number of nitrogens with one attached hydrogen (secondary N) is 1. The van der Waals surface area contributed by atoms with Gasteiger partial charge in [-0.2, -0.15) is 0 Å². The molecule has 114 valence electrons. The normalized spacial score (nSPS) is 25.3. The van der Waals surface area contributed by atoms with E-state index >= 15 is 0 Å². The van der Waals surface area contributed by atoms with Crippen LogP contribution in [0.2, 0.25) is 0 Å². The van der Waals surface area contributed by atoms with Gasteiger partial charge in [-0.1, -0.05) is 32.0 Å². The highest BCUT2D eigenvalue weighted by Crippen LogP contribution is 2.39. The second-order valence-corrected chi connectivity index (χ2v) is 7.39. The standard InChI is InChI=1S/C15H27N3OS/c1-14(7-9-18(2)10-8-14)11-17-13(19)15(12(16)20)5-3-4-6-15/h3-11H2,1-2H3,(H2,16,20)(H,17,19). The molecule has 1 aliphatic heterocycles. The summed E-state index contributed by atoms with van der Waals surface area (Å²) in [5.41, 5.74) is 5.49. The highest BCUT2D eigenvalue weighted by Gasteiger charge is 2.44. The number of likely N-dealkylation sites (tertiary alicyclic amines) is 1. The average Bonchev–Trinajstić information content (AvgIpc) is 2.91. The van der Waals surface area contributed by atoms with Crippen LogP contribution >= 0.6 is 12.2 Å². The van der Waals surface area contributed by atoms with Crippen molar-refractivity contribution in [2.45, 2.75) is 45.4 Å². The predicted octanol–water partition coefficient (Wildman–Crippen LogP) is 1.68. The third-order valence-electron chi connectivity index (χ3n) is 5.23. The summed E-state index contributed by atoms with van der Waals surface area (Å²) in [4.78, 5) is 15.3. The minimum Gasteiger partial charge on any atom is -0.392 e. The van der Waals surface area contributed by atoms with Crippen molar-refractivity contribution in [1.29, 1.82) is 0 Å². The quantitative estimate of drug-likeness (QED) is 0.775. The van der Waals surface area contributed by atoms with Crippen LogP contribution < -0.4 is 11.1 Å². The van der Waals surface area contributed by atoms with E-state index in [1.54, 1.807) is 0 Å². The lowest BCUT2D eigenvalue weighted by molar-refractivity contribution is -0.128. The number of piperidine rings is 1. The van der Waals surface area contributed by atoms with Crippen LogP contribution in [0, 0.1) is 10.8 Å². The summed E-state index contributed by atoms with van der Waals surface area (Å²) >= 11 is 5.17. The van der Waals surface area contributed by atoms with Crippen molar-refractivity contribution in [2.75, 3.05) is 26.7 Å². The smallest absolute Gasteiger partial charge is 0.233 e. The molecule has 1 saturated heterocycles. The van der Waals surface area contributed by atoms with Gasteiger partial charge in [-0.25, -0.2) is 0 Å². The molecule has 1 heterocycles. The highest BCUT2D eigenvalue weighted by atomic mass is 32.1. The van der Waals surface area contributed by atoms with Gasteiger partial charge in [0.15, 0.2) is 0 Å². The highest BCUT2D eigenvalue weighted by molar-refractivity contribution is 7.80. The summed E-state index contributed by atoms with van der Waals surface area (Å²) in [5.74, 6) is 0.0580. The fourth-order valence-corrected chi connectivity index (χ4v) is 3.66. The Morgan fingerprint density at radius 2 is 1.80 bits per heavy atom. The van der Waals surface area contributed by atoms with Gasteiger partial charge >= 0.3 is 0 Å². The molecule has 4 nitrogen and oxygen atoms in total. The van der Waals surface area contributed by atoms with Crippen LogP contribution in [0.5, 0.6) is 0 Å². The fraction of sp³-hybridized carbons (Fsp3) is 0.867. The number of hydrogen-bond donors (Lipinski definition) is 2. The SMILES string of the molecule is CN1CCC(C)(CNC(=O)C2(C(N)=S)CCCC2)CC1. The van der Waals surface area contributed by atoms with Crippen LogP contribution in [0.1, 0.15) is 45.4 Å². The number of nitrogens with zero attached hydrogens (tertiary/aromatic N) is 1. The molecule has 20 heavy (non-hydrogen) atoms. The van der Waals surface area contributed by atoms with E-state index in [0.717, 1.165) is 58.2 Å². The van der Waals surface area contributed by atoms with Crippen LogP contribution in [0.3, 0.4) is 0 Å². The van der Waals surface area contributed by atoms with Crippen molar-refractivity contribution in [3.63, 3.8) is 0 Å². The first-order valence-corrected chi connectivity index (χ1v) is 8.06. The van der Waals surface area contributed by atoms with Gasteiger partial charge in [-0.3, -0.25) is 4.79 Å². The van der Waals surface area contributed by atoms with Crippen LogP contribution in [0.4, 0.5) is 0 Å². The molecule has 3 N–H and O–H groups in total. The monoisotopic (exact) mass is 297 g/mol. The number of carbonyl (C=O) groups excluding carboxylic acids is 1. The van der Waals surface area contributed by atoms with Crippen molar-refractivity contribution >= 4 is 23.1 Å². The predicted molar refractivity (Wildman–Crippen MR) is 85.5 cm³/mol. The van der Waals surface area contributed by atoms with E-state index in [0.29, 0.717) is 4.99 Å². The Balaban J connectivity index is 1.93. The lowest BCUT2D eigenvalue weighted by Crippen LogP contribution is -2.51. The fourth-order valence-electron chi connectivity index (χ4n) is 3.36. The van der Waals surface area contributed by atoms with E-state index in [1.165, 1.54) is 0 Å². The van der Waals surface area contributed by atoms with Crippen molar-refractivity contribution < 1.29 is 4.79 Å². The summed E-state index contributed by atoms with van der Waals surface area (Å²) in [6.45, 7) is 5.21. The van der Waals surface area contributed by atoms with E-state index < -0.39 is 5.41 Å². The largest absolute Gasteiger partial charge is 0.392 e. The Kier molecular flexibility index (Phi) is 4.69. The molecule has 0 aromatic heterocycles. The van der Waals surface area contributed by atoms with Crippen LogP contribution in [-0.4, -0.2) is 42.5 Å². The van der Waals surface area contributed by atoms with Gasteiger partial charge in [0.2, 0.25) is 5.91 Å². The molecule has 2 aliphatic rings. The van der Waals surface area contributed by atoms with Crippen LogP contribution in [0.15, 0.2) is 0 Å². The average molecular weight is 297 g/mol. The molecule has 2 rings (SSSR count). The Morgan fingerprint density at radius 3 is 2.30 bits per heavy atom. The van der Waals surface area contributed by atoms with Crippen molar-refractivity contribution in [3.8, 4) is 0 Å². The molecule has 0 atom stereocenters. The number of thiocarbonyl (C=S) groups is 1. The number of nitrogens with two attached hydrogens (primary N) is 1. The van der Waals surface area contributed by atoms with E-state index in [2.05, 4.69) is 24.2 Å². The molecule has 0 aromatic rings. The van der Waals surface area contributed by atoms with E-state index in [-0.39, 0.29) is 11.3 Å². The molecule has 1 amide bonds. The molecule has 1 aliphatic carbocycles. The maximum atomic E-state index is 12.6. The minimum absolute atomic E-state index is 0.0580. The summed E-state index contributed by atoms with van der Waals surface area (Å²) in [6.07, 6.45) is 5.98. The van der Waals surface area contributed by atoms with E-state index in [9.17, 15) is 4.79 Å². The summed E-state index contributed by atoms with van der Waals surface area (Å²) < 4.78 is 0. The third-order valence-corrected chi connectivity index (χ3v) is 5.62. The van der Waals surface area contributed by atoms with Gasteiger partial charge in [0.1, 0.15) is 0 Å². The van der Waals surface area contributed by atoms with Crippen LogP contribution in [0.25, 0.3) is 0 Å². The van der Waals surface area contributed by atoms with E-state index in [1.807, 2.05) is 0 Å². The zero-order valence-corrected chi connectivity index (χ0v) is 13.5. The molecule has 0 spiro atoms. The topological polar surface area (TPSA) is 58.4 Å². The Labute approximate surface area is 127 Å². The number of carbonyl (C=O) groups is 1. The molecular weight excluding hydrogens is 270 g/mol. The van der Waals surface area contributed by atoms with Crippen molar-refractivity contribution in [2.24, 2.45) is 16.6 Å². The second kappa shape index (κ2) is 5.98. The first kappa shape index (κ1) is 15.7. The lowest BCUT2D eigenvalue weighted by atomic mass is 9.79. The molecular formula is C15H27N3OS. The molecule has 0 radical (unpaired) electrons. The number of amides is 1. The van der Waals surface area contributed by atoms with Crippen LogP contribution in [-0.2, 0) is 4.79 Å². The Morgan fingerprint density at radius 1 is 1.25 bits per heavy atom. The van der Waals surface area contributed by atoms with E-state index in [4.69, 9.17) is 18.0 Å².